The average molecular weight is 351 g/mol. The van der Waals surface area contributed by atoms with Gasteiger partial charge in [-0.3, -0.25) is 14.5 Å². The third-order valence-corrected chi connectivity index (χ3v) is 5.05. The molecule has 6 heteroatoms. The Morgan fingerprint density at radius 1 is 1.08 bits per heavy atom. The SMILES string of the molecule is N[C@@H]1CN(C(=O)CN2C(=O)COc3ccccc32)C[C@H]1c1ccccc1. The van der Waals surface area contributed by atoms with Crippen LogP contribution in [0.2, 0.25) is 0 Å². The van der Waals surface area contributed by atoms with Gasteiger partial charge in [-0.25, -0.2) is 0 Å². The van der Waals surface area contributed by atoms with Crippen LogP contribution in [0.25, 0.3) is 0 Å². The van der Waals surface area contributed by atoms with Crippen molar-refractivity contribution in [3.05, 3.63) is 60.2 Å². The van der Waals surface area contributed by atoms with Crippen LogP contribution in [-0.2, 0) is 9.59 Å². The Morgan fingerprint density at radius 2 is 1.81 bits per heavy atom. The minimum absolute atomic E-state index is 0.00738. The summed E-state index contributed by atoms with van der Waals surface area (Å²) >= 11 is 0. The summed E-state index contributed by atoms with van der Waals surface area (Å²) in [5.41, 5.74) is 8.06. The summed E-state index contributed by atoms with van der Waals surface area (Å²) in [5.74, 6) is 0.442. The Labute approximate surface area is 152 Å². The number of nitrogens with two attached hydrogens (primary N) is 1. The number of hydrogen-bond acceptors (Lipinski definition) is 4. The number of likely N-dealkylation sites (tertiary alicyclic amines) is 1. The van der Waals surface area contributed by atoms with Crippen molar-refractivity contribution in [1.29, 1.82) is 0 Å². The van der Waals surface area contributed by atoms with Crippen LogP contribution in [0.3, 0.4) is 0 Å². The number of carbonyl (C=O) groups excluding carboxylic acids is 2. The molecule has 2 aliphatic heterocycles. The molecule has 2 amide bonds. The number of ether oxygens (including phenoxy) is 1. The van der Waals surface area contributed by atoms with Crippen molar-refractivity contribution < 1.29 is 14.3 Å². The van der Waals surface area contributed by atoms with E-state index in [2.05, 4.69) is 0 Å². The first kappa shape index (κ1) is 16.6. The number of para-hydroxylation sites is 2. The number of rotatable bonds is 3. The lowest BCUT2D eigenvalue weighted by Crippen LogP contribution is -2.46. The van der Waals surface area contributed by atoms with Crippen LogP contribution in [0, 0.1) is 0 Å². The quantitative estimate of drug-likeness (QED) is 0.906. The summed E-state index contributed by atoms with van der Waals surface area (Å²) in [5, 5.41) is 0. The zero-order chi connectivity index (χ0) is 18.1. The van der Waals surface area contributed by atoms with Crippen LogP contribution >= 0.6 is 0 Å². The van der Waals surface area contributed by atoms with Gasteiger partial charge in [0.2, 0.25) is 5.91 Å². The number of benzene rings is 2. The van der Waals surface area contributed by atoms with Crippen LogP contribution in [0.5, 0.6) is 5.75 Å². The second kappa shape index (κ2) is 6.80. The Bertz CT molecular complexity index is 824. The van der Waals surface area contributed by atoms with Gasteiger partial charge in [0.15, 0.2) is 6.61 Å². The van der Waals surface area contributed by atoms with Crippen molar-refractivity contribution in [2.45, 2.75) is 12.0 Å². The highest BCUT2D eigenvalue weighted by Crippen LogP contribution is 2.32. The third-order valence-electron chi connectivity index (χ3n) is 5.05. The van der Waals surface area contributed by atoms with Gasteiger partial charge in [0.25, 0.3) is 5.91 Å². The molecule has 2 N–H and O–H groups in total. The van der Waals surface area contributed by atoms with E-state index >= 15 is 0 Å². The molecule has 1 fully saturated rings. The molecule has 2 heterocycles. The van der Waals surface area contributed by atoms with Gasteiger partial charge in [-0.05, 0) is 17.7 Å². The molecule has 0 bridgehead atoms. The number of fused-ring (bicyclic) bond motifs is 1. The highest BCUT2D eigenvalue weighted by atomic mass is 16.5. The molecule has 2 aromatic rings. The maximum absolute atomic E-state index is 12.8. The fourth-order valence-electron chi connectivity index (χ4n) is 3.65. The molecule has 2 aromatic carbocycles. The van der Waals surface area contributed by atoms with Crippen molar-refractivity contribution in [2.24, 2.45) is 5.73 Å². The van der Waals surface area contributed by atoms with E-state index in [9.17, 15) is 9.59 Å². The van der Waals surface area contributed by atoms with E-state index in [1.54, 1.807) is 17.0 Å². The van der Waals surface area contributed by atoms with Crippen LogP contribution in [-0.4, -0.2) is 49.0 Å². The molecule has 6 nitrogen and oxygen atoms in total. The Hall–Kier alpha value is -2.86. The van der Waals surface area contributed by atoms with Gasteiger partial charge in [-0.2, -0.15) is 0 Å². The summed E-state index contributed by atoms with van der Waals surface area (Å²) in [7, 11) is 0. The van der Waals surface area contributed by atoms with Gasteiger partial charge < -0.3 is 15.4 Å². The summed E-state index contributed by atoms with van der Waals surface area (Å²) in [6.45, 7) is 1.03. The third kappa shape index (κ3) is 3.04. The van der Waals surface area contributed by atoms with Crippen LogP contribution in [0.1, 0.15) is 11.5 Å². The van der Waals surface area contributed by atoms with E-state index in [1.165, 1.54) is 4.90 Å². The Morgan fingerprint density at radius 3 is 2.62 bits per heavy atom. The molecular weight excluding hydrogens is 330 g/mol. The second-order valence-electron chi connectivity index (χ2n) is 6.72. The molecule has 2 aliphatic rings. The first-order valence-electron chi connectivity index (χ1n) is 8.74. The highest BCUT2D eigenvalue weighted by Gasteiger charge is 2.36. The summed E-state index contributed by atoms with van der Waals surface area (Å²) in [4.78, 5) is 28.4. The Balaban J connectivity index is 1.48. The van der Waals surface area contributed by atoms with Crippen molar-refractivity contribution in [3.8, 4) is 5.75 Å². The van der Waals surface area contributed by atoms with Crippen molar-refractivity contribution in [1.82, 2.24) is 4.90 Å². The molecule has 134 valence electrons. The fraction of sp³-hybridized carbons (Fsp3) is 0.300. The van der Waals surface area contributed by atoms with E-state index in [-0.39, 0.29) is 36.9 Å². The molecule has 0 saturated carbocycles. The van der Waals surface area contributed by atoms with Gasteiger partial charge in [-0.15, -0.1) is 0 Å². The molecular formula is C20H21N3O3. The van der Waals surface area contributed by atoms with Crippen molar-refractivity contribution in [2.75, 3.05) is 31.1 Å². The number of anilines is 1. The lowest BCUT2D eigenvalue weighted by Gasteiger charge is -2.30. The van der Waals surface area contributed by atoms with Crippen LogP contribution in [0.4, 0.5) is 5.69 Å². The minimum atomic E-state index is -0.208. The standard InChI is InChI=1S/C20H21N3O3/c21-16-11-22(10-15(16)14-6-2-1-3-7-14)19(24)12-23-17-8-4-5-9-18(17)26-13-20(23)25/h1-9,15-16H,10-13,21H2/t15-,16+/m0/s1. The van der Waals surface area contributed by atoms with Crippen molar-refractivity contribution >= 4 is 17.5 Å². The highest BCUT2D eigenvalue weighted by molar-refractivity contribution is 6.02. The maximum Gasteiger partial charge on any atom is 0.265 e. The predicted octanol–water partition coefficient (Wildman–Crippen LogP) is 1.37. The van der Waals surface area contributed by atoms with E-state index < -0.39 is 0 Å². The molecule has 0 radical (unpaired) electrons. The smallest absolute Gasteiger partial charge is 0.265 e. The first-order chi connectivity index (χ1) is 12.6. The zero-order valence-corrected chi connectivity index (χ0v) is 14.4. The average Bonchev–Trinajstić information content (AvgIpc) is 3.06. The van der Waals surface area contributed by atoms with Gasteiger partial charge in [-0.1, -0.05) is 42.5 Å². The summed E-state index contributed by atoms with van der Waals surface area (Å²) in [6, 6.07) is 17.2. The molecule has 1 saturated heterocycles. The normalized spacial score (nSPS) is 22.1. The molecule has 0 spiro atoms. The van der Waals surface area contributed by atoms with E-state index in [0.717, 1.165) is 5.56 Å². The predicted molar refractivity (Wildman–Crippen MR) is 98.0 cm³/mol. The number of carbonyl (C=O) groups is 2. The van der Waals surface area contributed by atoms with Gasteiger partial charge in [0.05, 0.1) is 5.69 Å². The van der Waals surface area contributed by atoms with E-state index in [1.807, 2.05) is 42.5 Å². The summed E-state index contributed by atoms with van der Waals surface area (Å²) in [6.07, 6.45) is 0. The molecule has 2 atom stereocenters. The van der Waals surface area contributed by atoms with Crippen molar-refractivity contribution in [3.63, 3.8) is 0 Å². The largest absolute Gasteiger partial charge is 0.482 e. The lowest BCUT2D eigenvalue weighted by atomic mass is 9.95. The molecule has 4 rings (SSSR count). The van der Waals surface area contributed by atoms with Gasteiger partial charge >= 0.3 is 0 Å². The van der Waals surface area contributed by atoms with Gasteiger partial charge in [0.1, 0.15) is 12.3 Å². The van der Waals surface area contributed by atoms with E-state index in [4.69, 9.17) is 10.5 Å². The first-order valence-corrected chi connectivity index (χ1v) is 8.74. The maximum atomic E-state index is 12.8. The topological polar surface area (TPSA) is 75.9 Å². The monoisotopic (exact) mass is 351 g/mol. The number of hydrogen-bond donors (Lipinski definition) is 1. The fourth-order valence-corrected chi connectivity index (χ4v) is 3.65. The van der Waals surface area contributed by atoms with Crippen LogP contribution in [0.15, 0.2) is 54.6 Å². The number of nitrogens with zero attached hydrogens (tertiary/aromatic N) is 2. The second-order valence-corrected chi connectivity index (χ2v) is 6.72. The number of amides is 2. The zero-order valence-electron chi connectivity index (χ0n) is 14.4. The van der Waals surface area contributed by atoms with E-state index in [0.29, 0.717) is 24.5 Å². The lowest BCUT2D eigenvalue weighted by molar-refractivity contribution is -0.131. The molecule has 0 unspecified atom stereocenters. The molecule has 0 aliphatic carbocycles. The Kier molecular flexibility index (Phi) is 4.34. The minimum Gasteiger partial charge on any atom is -0.482 e. The molecule has 0 aromatic heterocycles. The van der Waals surface area contributed by atoms with Crippen LogP contribution < -0.4 is 15.4 Å². The summed E-state index contributed by atoms with van der Waals surface area (Å²) < 4.78 is 5.43. The van der Waals surface area contributed by atoms with Gasteiger partial charge in [0, 0.05) is 25.0 Å². The molecule has 26 heavy (non-hydrogen) atoms.